The second-order valence-electron chi connectivity index (χ2n) is 4.78. The van der Waals surface area contributed by atoms with Crippen molar-refractivity contribution in [2.75, 3.05) is 0 Å². The van der Waals surface area contributed by atoms with Gasteiger partial charge in [-0.15, -0.1) is 0 Å². The predicted molar refractivity (Wildman–Crippen MR) is 53.9 cm³/mol. The molecule has 0 bridgehead atoms. The van der Waals surface area contributed by atoms with Gasteiger partial charge in [-0.2, -0.15) is 0 Å². The lowest BCUT2D eigenvalue weighted by molar-refractivity contribution is 0.298. The molecular weight excluding hydrogens is 178 g/mol. The van der Waals surface area contributed by atoms with E-state index in [-0.39, 0.29) is 5.41 Å². The van der Waals surface area contributed by atoms with Crippen molar-refractivity contribution in [2.24, 2.45) is 10.6 Å². The number of furan rings is 1. The van der Waals surface area contributed by atoms with Crippen LogP contribution < -0.4 is 0 Å². The van der Waals surface area contributed by atoms with E-state index in [4.69, 9.17) is 9.62 Å². The second kappa shape index (κ2) is 2.87. The van der Waals surface area contributed by atoms with Crippen molar-refractivity contribution in [3.63, 3.8) is 0 Å². The van der Waals surface area contributed by atoms with Gasteiger partial charge in [0.1, 0.15) is 5.76 Å². The van der Waals surface area contributed by atoms with Crippen molar-refractivity contribution < 1.29 is 9.62 Å². The van der Waals surface area contributed by atoms with Crippen LogP contribution in [0.1, 0.15) is 37.2 Å². The van der Waals surface area contributed by atoms with Crippen LogP contribution in [0.2, 0.25) is 0 Å². The van der Waals surface area contributed by atoms with Gasteiger partial charge in [-0.05, 0) is 24.3 Å². The van der Waals surface area contributed by atoms with Gasteiger partial charge in [0.15, 0.2) is 0 Å². The summed E-state index contributed by atoms with van der Waals surface area (Å²) in [5.74, 6) is 0.951. The lowest BCUT2D eigenvalue weighted by Gasteiger charge is -2.28. The number of fused-ring (bicyclic) bond motifs is 1. The van der Waals surface area contributed by atoms with Crippen molar-refractivity contribution in [2.45, 2.75) is 33.6 Å². The van der Waals surface area contributed by atoms with Crippen molar-refractivity contribution in [1.29, 1.82) is 0 Å². The monoisotopic (exact) mass is 193 g/mol. The molecule has 1 N–H and O–H groups in total. The fourth-order valence-corrected chi connectivity index (χ4v) is 2.14. The molecule has 0 aromatic carbocycles. The Balaban J connectivity index is 2.54. The van der Waals surface area contributed by atoms with E-state index >= 15 is 0 Å². The first-order chi connectivity index (χ1) is 6.53. The molecule has 3 nitrogen and oxygen atoms in total. The van der Waals surface area contributed by atoms with E-state index in [0.717, 1.165) is 35.4 Å². The fourth-order valence-electron chi connectivity index (χ4n) is 2.14. The van der Waals surface area contributed by atoms with E-state index in [1.54, 1.807) is 6.26 Å². The highest BCUT2D eigenvalue weighted by atomic mass is 16.4. The Morgan fingerprint density at radius 3 is 2.79 bits per heavy atom. The van der Waals surface area contributed by atoms with Crippen LogP contribution >= 0.6 is 0 Å². The Morgan fingerprint density at radius 2 is 2.14 bits per heavy atom. The molecule has 1 aromatic heterocycles. The first kappa shape index (κ1) is 9.31. The minimum Gasteiger partial charge on any atom is -0.468 e. The maximum absolute atomic E-state index is 8.96. The van der Waals surface area contributed by atoms with Gasteiger partial charge in [0.25, 0.3) is 0 Å². The Kier molecular flexibility index (Phi) is 1.91. The molecule has 0 aliphatic heterocycles. The van der Waals surface area contributed by atoms with Gasteiger partial charge in [-0.25, -0.2) is 0 Å². The van der Waals surface area contributed by atoms with Crippen molar-refractivity contribution in [3.8, 4) is 0 Å². The summed E-state index contributed by atoms with van der Waals surface area (Å²) in [7, 11) is 0. The first-order valence-electron chi connectivity index (χ1n) is 4.82. The van der Waals surface area contributed by atoms with Crippen molar-refractivity contribution in [3.05, 3.63) is 23.2 Å². The van der Waals surface area contributed by atoms with Crippen LogP contribution in [0, 0.1) is 12.3 Å². The number of hydrogen-bond donors (Lipinski definition) is 1. The second-order valence-corrected chi connectivity index (χ2v) is 4.78. The molecule has 0 amide bonds. The van der Waals surface area contributed by atoms with Gasteiger partial charge in [0, 0.05) is 12.0 Å². The van der Waals surface area contributed by atoms with Gasteiger partial charge in [0.2, 0.25) is 0 Å². The zero-order valence-electron chi connectivity index (χ0n) is 8.79. The lowest BCUT2D eigenvalue weighted by atomic mass is 9.75. The van der Waals surface area contributed by atoms with E-state index in [2.05, 4.69) is 19.0 Å². The molecule has 0 saturated heterocycles. The average Bonchev–Trinajstić information content (AvgIpc) is 2.44. The van der Waals surface area contributed by atoms with Crippen LogP contribution in [-0.2, 0) is 6.42 Å². The normalized spacial score (nSPS) is 22.4. The smallest absolute Gasteiger partial charge is 0.113 e. The third-order valence-electron chi connectivity index (χ3n) is 2.75. The predicted octanol–water partition coefficient (Wildman–Crippen LogP) is 2.74. The third-order valence-corrected chi connectivity index (χ3v) is 2.75. The van der Waals surface area contributed by atoms with E-state index in [1.807, 2.05) is 6.92 Å². The molecule has 2 rings (SSSR count). The highest BCUT2D eigenvalue weighted by Crippen LogP contribution is 2.36. The van der Waals surface area contributed by atoms with Crippen LogP contribution in [0.15, 0.2) is 15.8 Å². The minimum absolute atomic E-state index is 0.124. The molecule has 1 aromatic rings. The third kappa shape index (κ3) is 1.33. The SMILES string of the molecule is Cc1coc2c1/C(=N\O)CC(C)(C)C2. The zero-order chi connectivity index (χ0) is 10.3. The highest BCUT2D eigenvalue weighted by Gasteiger charge is 2.33. The van der Waals surface area contributed by atoms with Gasteiger partial charge in [-0.3, -0.25) is 0 Å². The largest absolute Gasteiger partial charge is 0.468 e. The standard InChI is InChI=1S/C11H15NO2/c1-7-6-14-9-5-11(2,3)4-8(12-13)10(7)9/h6,13H,4-5H2,1-3H3/b12-8-. The quantitative estimate of drug-likeness (QED) is 0.508. The molecule has 3 heteroatoms. The maximum atomic E-state index is 8.96. The molecule has 14 heavy (non-hydrogen) atoms. The molecule has 0 saturated carbocycles. The van der Waals surface area contributed by atoms with Crippen LogP contribution in [0.4, 0.5) is 0 Å². The number of rotatable bonds is 0. The number of oxime groups is 1. The molecule has 0 radical (unpaired) electrons. The molecule has 0 spiro atoms. The number of nitrogens with zero attached hydrogens (tertiary/aromatic N) is 1. The molecular formula is C11H15NO2. The molecule has 1 aliphatic carbocycles. The van der Waals surface area contributed by atoms with Gasteiger partial charge in [0.05, 0.1) is 12.0 Å². The summed E-state index contributed by atoms with van der Waals surface area (Å²) >= 11 is 0. The molecule has 1 heterocycles. The van der Waals surface area contributed by atoms with Gasteiger partial charge in [-0.1, -0.05) is 19.0 Å². The Labute approximate surface area is 83.4 Å². The first-order valence-corrected chi connectivity index (χ1v) is 4.82. The Bertz CT molecular complexity index is 388. The number of aryl methyl sites for hydroxylation is 1. The molecule has 1 aliphatic rings. The molecule has 0 atom stereocenters. The molecule has 0 unspecified atom stereocenters. The van der Waals surface area contributed by atoms with Crippen LogP contribution in [-0.4, -0.2) is 10.9 Å². The number of hydrogen-bond acceptors (Lipinski definition) is 3. The Hall–Kier alpha value is -1.25. The Morgan fingerprint density at radius 1 is 1.43 bits per heavy atom. The van der Waals surface area contributed by atoms with Crippen LogP contribution in [0.3, 0.4) is 0 Å². The zero-order valence-corrected chi connectivity index (χ0v) is 8.79. The van der Waals surface area contributed by atoms with E-state index in [0.29, 0.717) is 0 Å². The maximum Gasteiger partial charge on any atom is 0.113 e. The highest BCUT2D eigenvalue weighted by molar-refractivity contribution is 6.03. The molecule has 0 fully saturated rings. The summed E-state index contributed by atoms with van der Waals surface area (Å²) in [6.07, 6.45) is 3.45. The summed E-state index contributed by atoms with van der Waals surface area (Å²) in [5, 5.41) is 12.3. The van der Waals surface area contributed by atoms with E-state index in [9.17, 15) is 0 Å². The average molecular weight is 193 g/mol. The van der Waals surface area contributed by atoms with Crippen molar-refractivity contribution >= 4 is 5.71 Å². The van der Waals surface area contributed by atoms with Crippen LogP contribution in [0.25, 0.3) is 0 Å². The summed E-state index contributed by atoms with van der Waals surface area (Å²) < 4.78 is 5.46. The lowest BCUT2D eigenvalue weighted by Crippen LogP contribution is -2.26. The van der Waals surface area contributed by atoms with E-state index in [1.165, 1.54) is 0 Å². The summed E-state index contributed by atoms with van der Waals surface area (Å²) in [5.41, 5.74) is 2.94. The fraction of sp³-hybridized carbons (Fsp3) is 0.545. The topological polar surface area (TPSA) is 45.7 Å². The van der Waals surface area contributed by atoms with Crippen LogP contribution in [0.5, 0.6) is 0 Å². The summed E-state index contributed by atoms with van der Waals surface area (Å²) in [6.45, 7) is 6.28. The van der Waals surface area contributed by atoms with E-state index < -0.39 is 0 Å². The van der Waals surface area contributed by atoms with Crippen molar-refractivity contribution in [1.82, 2.24) is 0 Å². The van der Waals surface area contributed by atoms with Gasteiger partial charge >= 0.3 is 0 Å². The summed E-state index contributed by atoms with van der Waals surface area (Å²) in [4.78, 5) is 0. The minimum atomic E-state index is 0.124. The van der Waals surface area contributed by atoms with Gasteiger partial charge < -0.3 is 9.62 Å². The molecule has 76 valence electrons. The summed E-state index contributed by atoms with van der Waals surface area (Å²) in [6, 6.07) is 0.